The van der Waals surface area contributed by atoms with Crippen LogP contribution in [0.3, 0.4) is 0 Å². The Balaban J connectivity index is 1.43. The average Bonchev–Trinajstić information content (AvgIpc) is 3.76. The summed E-state index contributed by atoms with van der Waals surface area (Å²) in [4.78, 5) is 39.7. The Hall–Kier alpha value is -3.96. The molecule has 1 unspecified atom stereocenters. The van der Waals surface area contributed by atoms with E-state index < -0.39 is 37.0 Å². The van der Waals surface area contributed by atoms with Crippen molar-refractivity contribution < 1.29 is 42.1 Å². The summed E-state index contributed by atoms with van der Waals surface area (Å²) in [6.45, 7) is -3.48. The molecule has 3 aromatic rings. The number of alkyl halides is 2. The van der Waals surface area contributed by atoms with Gasteiger partial charge in [-0.15, -0.1) is 0 Å². The number of aromatic nitrogens is 1. The maximum Gasteiger partial charge on any atom is 0.387 e. The van der Waals surface area contributed by atoms with Gasteiger partial charge in [-0.25, -0.2) is 0 Å². The normalized spacial score (nSPS) is 15.4. The van der Waals surface area contributed by atoms with Crippen molar-refractivity contribution in [1.29, 1.82) is 0 Å². The molecular weight excluding hydrogens is 597 g/mol. The number of halogens is 4. The van der Waals surface area contributed by atoms with Gasteiger partial charge in [0.15, 0.2) is 23.9 Å². The van der Waals surface area contributed by atoms with Crippen LogP contribution >= 0.6 is 23.2 Å². The molecule has 9 nitrogen and oxygen atoms in total. The van der Waals surface area contributed by atoms with Crippen LogP contribution in [-0.4, -0.2) is 42.4 Å². The average molecular weight is 621 g/mol. The predicted octanol–water partition coefficient (Wildman–Crippen LogP) is 5.07. The molecule has 1 aromatic heterocycles. The number of carbonyl (C=O) groups is 3. The number of ether oxygens (including phenoxy) is 3. The van der Waals surface area contributed by atoms with Crippen LogP contribution in [0.15, 0.2) is 54.9 Å². The van der Waals surface area contributed by atoms with Gasteiger partial charge in [0.25, 0.3) is 5.91 Å². The van der Waals surface area contributed by atoms with E-state index in [1.54, 1.807) is 24.3 Å². The predicted molar refractivity (Wildman–Crippen MR) is 145 cm³/mol. The van der Waals surface area contributed by atoms with E-state index in [2.05, 4.69) is 4.74 Å². The van der Waals surface area contributed by atoms with Crippen molar-refractivity contribution in [2.75, 3.05) is 13.2 Å². The van der Waals surface area contributed by atoms with Crippen LogP contribution in [0.2, 0.25) is 10.0 Å². The second-order valence-corrected chi connectivity index (χ2v) is 10.7. The smallest absolute Gasteiger partial charge is 0.387 e. The monoisotopic (exact) mass is 620 g/mol. The highest BCUT2D eigenvalue weighted by atomic mass is 35.5. The molecular formula is C29H24Cl2F2N2O7. The summed E-state index contributed by atoms with van der Waals surface area (Å²) in [7, 11) is 0. The van der Waals surface area contributed by atoms with Crippen molar-refractivity contribution in [2.24, 2.45) is 5.92 Å². The maximum absolute atomic E-state index is 13.2. The molecule has 0 spiro atoms. The zero-order valence-electron chi connectivity index (χ0n) is 21.9. The Morgan fingerprint density at radius 2 is 1.79 bits per heavy atom. The fourth-order valence-electron chi connectivity index (χ4n) is 4.55. The second kappa shape index (κ2) is 12.5. The molecule has 1 aliphatic heterocycles. The molecule has 1 fully saturated rings. The molecule has 5 rings (SSSR count). The first-order valence-corrected chi connectivity index (χ1v) is 13.7. The van der Waals surface area contributed by atoms with Crippen molar-refractivity contribution >= 4 is 41.0 Å². The number of fused-ring (bicyclic) bond motifs is 1. The maximum atomic E-state index is 13.2. The first-order valence-electron chi connectivity index (χ1n) is 13.0. The molecule has 2 aromatic carbocycles. The highest BCUT2D eigenvalue weighted by Gasteiger charge is 2.34. The lowest BCUT2D eigenvalue weighted by molar-refractivity contribution is -0.605. The van der Waals surface area contributed by atoms with Crippen LogP contribution in [0.1, 0.15) is 46.0 Å². The fraction of sp³-hybridized carbons (Fsp3) is 0.310. The van der Waals surface area contributed by atoms with Gasteiger partial charge < -0.3 is 19.4 Å². The van der Waals surface area contributed by atoms with Crippen LogP contribution < -0.4 is 14.2 Å². The number of pyridine rings is 1. The molecule has 2 heterocycles. The van der Waals surface area contributed by atoms with E-state index in [0.717, 1.165) is 30.1 Å². The summed E-state index contributed by atoms with van der Waals surface area (Å²) in [5.41, 5.74) is 1.45. The lowest BCUT2D eigenvalue weighted by Gasteiger charge is -2.27. The van der Waals surface area contributed by atoms with E-state index in [1.807, 2.05) is 0 Å². The van der Waals surface area contributed by atoms with Gasteiger partial charge in [0.05, 0.1) is 13.0 Å². The lowest BCUT2D eigenvalue weighted by atomic mass is 9.98. The standard InChI is InChI=1S/C29H24Cl2F2N2O7/c30-21-12-34(39)13-22(31)20(21)11-24(18-7-8-23(42-29(32)33)25(9-18)40-15-16-5-6-16)41-27(37)14-35-26(36)10-17-3-1-2-4-19(17)28(35)38/h1-4,7-9,12-13,16,24,29H,5-6,10-11,14-15H2. The van der Waals surface area contributed by atoms with Gasteiger partial charge in [0.2, 0.25) is 5.91 Å². The Morgan fingerprint density at radius 1 is 1.07 bits per heavy atom. The second-order valence-electron chi connectivity index (χ2n) is 9.93. The summed E-state index contributed by atoms with van der Waals surface area (Å²) in [5.74, 6) is -2.00. The van der Waals surface area contributed by atoms with Crippen molar-refractivity contribution in [3.63, 3.8) is 0 Å². The molecule has 1 atom stereocenters. The van der Waals surface area contributed by atoms with E-state index >= 15 is 0 Å². The van der Waals surface area contributed by atoms with Gasteiger partial charge in [-0.05, 0) is 48.1 Å². The number of imide groups is 1. The molecule has 2 aliphatic rings. The third kappa shape index (κ3) is 6.91. The zero-order chi connectivity index (χ0) is 30.0. The summed E-state index contributed by atoms with van der Waals surface area (Å²) < 4.78 is 42.7. The largest absolute Gasteiger partial charge is 0.619 e. The van der Waals surface area contributed by atoms with Gasteiger partial charge in [-0.2, -0.15) is 13.5 Å². The minimum Gasteiger partial charge on any atom is -0.619 e. The highest BCUT2D eigenvalue weighted by Crippen LogP contribution is 2.38. The van der Waals surface area contributed by atoms with E-state index in [-0.39, 0.29) is 46.6 Å². The molecule has 42 heavy (non-hydrogen) atoms. The van der Waals surface area contributed by atoms with Crippen LogP contribution in [-0.2, 0) is 27.2 Å². The Labute approximate surface area is 249 Å². The number of benzene rings is 2. The quantitative estimate of drug-likeness (QED) is 0.127. The Bertz CT molecular complexity index is 1510. The molecule has 1 aliphatic carbocycles. The molecule has 0 radical (unpaired) electrons. The zero-order valence-corrected chi connectivity index (χ0v) is 23.4. The molecule has 13 heteroatoms. The Kier molecular flexibility index (Phi) is 8.79. The number of esters is 1. The number of rotatable bonds is 11. The van der Waals surface area contributed by atoms with E-state index in [9.17, 15) is 28.4 Å². The molecule has 220 valence electrons. The molecule has 0 saturated heterocycles. The van der Waals surface area contributed by atoms with Gasteiger partial charge in [0, 0.05) is 17.5 Å². The number of amides is 2. The van der Waals surface area contributed by atoms with Gasteiger partial charge in [-0.1, -0.05) is 47.5 Å². The minimum absolute atomic E-state index is 0.000553. The molecule has 0 N–H and O–H groups in total. The van der Waals surface area contributed by atoms with E-state index in [1.165, 1.54) is 18.2 Å². The highest BCUT2D eigenvalue weighted by molar-refractivity contribution is 6.35. The first-order chi connectivity index (χ1) is 20.1. The van der Waals surface area contributed by atoms with Crippen LogP contribution in [0.4, 0.5) is 8.78 Å². The van der Waals surface area contributed by atoms with Crippen LogP contribution in [0.25, 0.3) is 0 Å². The minimum atomic E-state index is -3.10. The SMILES string of the molecule is O=C(CN1C(=O)Cc2ccccc2C1=O)OC(Cc1c(Cl)c[n+]([O-])cc1Cl)c1ccc(OC(F)F)c(OCC2CC2)c1. The number of hydrogen-bond donors (Lipinski definition) is 0. The number of carbonyl (C=O) groups excluding carboxylic acids is 3. The molecule has 0 bridgehead atoms. The molecule has 1 saturated carbocycles. The first kappa shape index (κ1) is 29.5. The van der Waals surface area contributed by atoms with Crippen molar-refractivity contribution in [2.45, 2.75) is 38.4 Å². The van der Waals surface area contributed by atoms with Crippen LogP contribution in [0.5, 0.6) is 11.5 Å². The van der Waals surface area contributed by atoms with Crippen LogP contribution in [0, 0.1) is 11.1 Å². The third-order valence-corrected chi connectivity index (χ3v) is 7.52. The number of nitrogens with zero attached hydrogens (tertiary/aromatic N) is 2. The van der Waals surface area contributed by atoms with Gasteiger partial charge >= 0.3 is 12.6 Å². The number of hydrogen-bond acceptors (Lipinski definition) is 7. The van der Waals surface area contributed by atoms with Crippen molar-refractivity contribution in [1.82, 2.24) is 4.90 Å². The van der Waals surface area contributed by atoms with Crippen molar-refractivity contribution in [3.05, 3.63) is 92.4 Å². The fourth-order valence-corrected chi connectivity index (χ4v) is 5.15. The summed E-state index contributed by atoms with van der Waals surface area (Å²) in [6, 6.07) is 10.7. The topological polar surface area (TPSA) is 109 Å². The van der Waals surface area contributed by atoms with Crippen molar-refractivity contribution in [3.8, 4) is 11.5 Å². The van der Waals surface area contributed by atoms with Gasteiger partial charge in [0.1, 0.15) is 22.7 Å². The Morgan fingerprint density at radius 3 is 2.48 bits per heavy atom. The van der Waals surface area contributed by atoms with E-state index in [0.29, 0.717) is 27.3 Å². The summed E-state index contributed by atoms with van der Waals surface area (Å²) >= 11 is 12.6. The summed E-state index contributed by atoms with van der Waals surface area (Å²) in [6.07, 6.45) is 2.73. The van der Waals surface area contributed by atoms with E-state index in [4.69, 9.17) is 32.7 Å². The van der Waals surface area contributed by atoms with Gasteiger partial charge in [-0.3, -0.25) is 19.3 Å². The third-order valence-electron chi connectivity index (χ3n) is 6.87. The lowest BCUT2D eigenvalue weighted by Crippen LogP contribution is -2.45. The summed E-state index contributed by atoms with van der Waals surface area (Å²) in [5, 5.41) is 11.8. The molecule has 2 amide bonds.